The average Bonchev–Trinajstić information content (AvgIpc) is 2.53. The van der Waals surface area contributed by atoms with Crippen molar-refractivity contribution in [1.82, 2.24) is 4.90 Å². The topological polar surface area (TPSA) is 83.6 Å². The number of unbranched alkanes of at least 4 members (excludes halogenated alkanes) is 2. The Labute approximate surface area is 134 Å². The van der Waals surface area contributed by atoms with Gasteiger partial charge in [0.25, 0.3) is 5.91 Å². The second kappa shape index (κ2) is 6.28. The smallest absolute Gasteiger partial charge is 0.303 e. The summed E-state index contributed by atoms with van der Waals surface area (Å²) >= 11 is 0. The molecule has 0 aliphatic carbocycles. The molecule has 120 valence electrons. The van der Waals surface area contributed by atoms with Gasteiger partial charge in [-0.3, -0.25) is 9.59 Å². The fourth-order valence-corrected chi connectivity index (χ4v) is 3.20. The van der Waals surface area contributed by atoms with Crippen molar-refractivity contribution in [3.05, 3.63) is 41.5 Å². The summed E-state index contributed by atoms with van der Waals surface area (Å²) in [7, 11) is 0. The number of anilines is 1. The van der Waals surface area contributed by atoms with Crippen molar-refractivity contribution in [3.63, 3.8) is 0 Å². The van der Waals surface area contributed by atoms with Gasteiger partial charge in [-0.1, -0.05) is 24.6 Å². The fraction of sp³-hybridized carbons (Fsp3) is 0.333. The van der Waals surface area contributed by atoms with E-state index < -0.39 is 5.97 Å². The Morgan fingerprint density at radius 1 is 1.17 bits per heavy atom. The van der Waals surface area contributed by atoms with Crippen LogP contribution in [0.1, 0.15) is 41.6 Å². The zero-order chi connectivity index (χ0) is 16.4. The average molecular weight is 312 g/mol. The van der Waals surface area contributed by atoms with Gasteiger partial charge in [-0.25, -0.2) is 0 Å². The lowest BCUT2D eigenvalue weighted by Gasteiger charge is -2.29. The molecule has 0 bridgehead atoms. The van der Waals surface area contributed by atoms with Crippen molar-refractivity contribution in [2.24, 2.45) is 0 Å². The van der Waals surface area contributed by atoms with Crippen LogP contribution in [0.3, 0.4) is 0 Å². The molecule has 0 saturated carbocycles. The maximum absolute atomic E-state index is 12.7. The molecular formula is C18H20N2O3. The number of carbonyl (C=O) groups excluding carboxylic acids is 1. The van der Waals surface area contributed by atoms with E-state index in [-0.39, 0.29) is 12.3 Å². The van der Waals surface area contributed by atoms with E-state index in [2.05, 4.69) is 0 Å². The lowest BCUT2D eigenvalue weighted by atomic mass is 9.93. The number of aliphatic carboxylic acids is 1. The molecule has 3 rings (SSSR count). The molecule has 23 heavy (non-hydrogen) atoms. The highest BCUT2D eigenvalue weighted by atomic mass is 16.4. The molecule has 1 amide bonds. The quantitative estimate of drug-likeness (QED) is 0.634. The Morgan fingerprint density at radius 3 is 2.78 bits per heavy atom. The second-order valence-electron chi connectivity index (χ2n) is 5.97. The molecule has 0 atom stereocenters. The number of carboxylic acid groups (broad SMARTS) is 1. The van der Waals surface area contributed by atoms with Gasteiger partial charge >= 0.3 is 5.97 Å². The van der Waals surface area contributed by atoms with E-state index >= 15 is 0 Å². The number of hydrogen-bond acceptors (Lipinski definition) is 3. The van der Waals surface area contributed by atoms with Gasteiger partial charge < -0.3 is 15.7 Å². The van der Waals surface area contributed by atoms with Crippen LogP contribution >= 0.6 is 0 Å². The number of nitrogen functional groups attached to an aromatic ring is 1. The van der Waals surface area contributed by atoms with Crippen LogP contribution in [0.25, 0.3) is 10.8 Å². The minimum Gasteiger partial charge on any atom is -0.481 e. The minimum atomic E-state index is -0.766. The Morgan fingerprint density at radius 2 is 2.00 bits per heavy atom. The van der Waals surface area contributed by atoms with Gasteiger partial charge in [0, 0.05) is 41.5 Å². The first-order chi connectivity index (χ1) is 11.1. The first kappa shape index (κ1) is 15.3. The van der Waals surface area contributed by atoms with E-state index in [0.717, 1.165) is 29.2 Å². The highest BCUT2D eigenvalue weighted by molar-refractivity contribution is 6.12. The molecule has 1 heterocycles. The van der Waals surface area contributed by atoms with Gasteiger partial charge in [0.05, 0.1) is 0 Å². The lowest BCUT2D eigenvalue weighted by molar-refractivity contribution is -0.137. The molecule has 0 spiro atoms. The first-order valence-electron chi connectivity index (χ1n) is 7.89. The molecule has 2 aromatic rings. The van der Waals surface area contributed by atoms with Crippen LogP contribution in [-0.2, 0) is 11.3 Å². The second-order valence-corrected chi connectivity index (χ2v) is 5.97. The molecule has 0 saturated heterocycles. The number of amides is 1. The predicted molar refractivity (Wildman–Crippen MR) is 89.2 cm³/mol. The van der Waals surface area contributed by atoms with Gasteiger partial charge in [-0.05, 0) is 30.5 Å². The first-order valence-corrected chi connectivity index (χ1v) is 7.89. The predicted octanol–water partition coefficient (Wildman–Crippen LogP) is 3.02. The van der Waals surface area contributed by atoms with Gasteiger partial charge in [0.15, 0.2) is 0 Å². The standard InChI is InChI=1S/C18H20N2O3/c19-15-9-8-12-11-20(10-3-1-2-7-16(21)22)18(23)14-6-4-5-13(15)17(12)14/h4-6,8-9H,1-3,7,10-11,19H2,(H,21,22). The third-order valence-electron chi connectivity index (χ3n) is 4.36. The number of hydrogen-bond donors (Lipinski definition) is 2. The number of benzene rings is 2. The number of rotatable bonds is 6. The summed E-state index contributed by atoms with van der Waals surface area (Å²) in [6.45, 7) is 1.24. The van der Waals surface area contributed by atoms with Gasteiger partial charge in [0.1, 0.15) is 0 Å². The van der Waals surface area contributed by atoms with Crippen LogP contribution in [0.5, 0.6) is 0 Å². The molecule has 0 unspecified atom stereocenters. The van der Waals surface area contributed by atoms with Crippen LogP contribution in [0.2, 0.25) is 0 Å². The molecule has 0 fully saturated rings. The Hall–Kier alpha value is -2.56. The molecule has 3 N–H and O–H groups in total. The third kappa shape index (κ3) is 2.99. The van der Waals surface area contributed by atoms with E-state index in [1.165, 1.54) is 0 Å². The Balaban J connectivity index is 1.74. The van der Waals surface area contributed by atoms with Crippen molar-refractivity contribution in [1.29, 1.82) is 0 Å². The fourth-order valence-electron chi connectivity index (χ4n) is 3.20. The molecule has 5 nitrogen and oxygen atoms in total. The Bertz CT molecular complexity index is 770. The maximum atomic E-state index is 12.7. The summed E-state index contributed by atoms with van der Waals surface area (Å²) in [5.74, 6) is -0.732. The monoisotopic (exact) mass is 312 g/mol. The normalized spacial score (nSPS) is 13.6. The molecule has 2 aromatic carbocycles. The molecule has 1 aliphatic heterocycles. The highest BCUT2D eigenvalue weighted by Crippen LogP contribution is 2.33. The van der Waals surface area contributed by atoms with Crippen molar-refractivity contribution >= 4 is 28.3 Å². The zero-order valence-corrected chi connectivity index (χ0v) is 12.9. The minimum absolute atomic E-state index is 0.0342. The summed E-state index contributed by atoms with van der Waals surface area (Å²) in [6.07, 6.45) is 2.48. The largest absolute Gasteiger partial charge is 0.481 e. The summed E-state index contributed by atoms with van der Waals surface area (Å²) < 4.78 is 0. The molecule has 0 radical (unpaired) electrons. The van der Waals surface area contributed by atoms with Gasteiger partial charge in [0.2, 0.25) is 0 Å². The van der Waals surface area contributed by atoms with E-state index in [4.69, 9.17) is 10.8 Å². The van der Waals surface area contributed by atoms with Gasteiger partial charge in [-0.15, -0.1) is 0 Å². The molecule has 0 aromatic heterocycles. The third-order valence-corrected chi connectivity index (χ3v) is 4.36. The van der Waals surface area contributed by atoms with Crippen LogP contribution in [-0.4, -0.2) is 28.4 Å². The van der Waals surface area contributed by atoms with Crippen LogP contribution in [0.15, 0.2) is 30.3 Å². The van der Waals surface area contributed by atoms with Crippen molar-refractivity contribution in [2.75, 3.05) is 12.3 Å². The number of nitrogens with zero attached hydrogens (tertiary/aromatic N) is 1. The summed E-state index contributed by atoms with van der Waals surface area (Å²) in [4.78, 5) is 25.0. The van der Waals surface area contributed by atoms with E-state index in [1.54, 1.807) is 0 Å². The number of carboxylic acids is 1. The molecule has 1 aliphatic rings. The number of nitrogens with two attached hydrogens (primary N) is 1. The number of carbonyl (C=O) groups is 2. The highest BCUT2D eigenvalue weighted by Gasteiger charge is 2.25. The zero-order valence-electron chi connectivity index (χ0n) is 12.9. The maximum Gasteiger partial charge on any atom is 0.303 e. The SMILES string of the molecule is Nc1ccc2c3c(cccc13)C(=O)N(CCCCCC(=O)O)C2. The van der Waals surface area contributed by atoms with Gasteiger partial charge in [-0.2, -0.15) is 0 Å². The van der Waals surface area contributed by atoms with E-state index in [0.29, 0.717) is 30.8 Å². The Kier molecular flexibility index (Phi) is 4.19. The van der Waals surface area contributed by atoms with Crippen LogP contribution in [0, 0.1) is 0 Å². The summed E-state index contributed by atoms with van der Waals surface area (Å²) in [6, 6.07) is 9.55. The summed E-state index contributed by atoms with van der Waals surface area (Å²) in [5, 5.41) is 10.6. The van der Waals surface area contributed by atoms with E-state index in [9.17, 15) is 9.59 Å². The van der Waals surface area contributed by atoms with Crippen molar-refractivity contribution < 1.29 is 14.7 Å². The lowest BCUT2D eigenvalue weighted by Crippen LogP contribution is -2.34. The van der Waals surface area contributed by atoms with Crippen molar-refractivity contribution in [2.45, 2.75) is 32.2 Å². The van der Waals surface area contributed by atoms with Crippen LogP contribution in [0.4, 0.5) is 5.69 Å². The molecule has 5 heteroatoms. The summed E-state index contributed by atoms with van der Waals surface area (Å²) in [5.41, 5.74) is 8.54. The molecular weight excluding hydrogens is 292 g/mol. The van der Waals surface area contributed by atoms with Crippen LogP contribution < -0.4 is 5.73 Å². The van der Waals surface area contributed by atoms with Crippen molar-refractivity contribution in [3.8, 4) is 0 Å². The van der Waals surface area contributed by atoms with E-state index in [1.807, 2.05) is 35.2 Å².